The predicted octanol–water partition coefficient (Wildman–Crippen LogP) is 3.14. The van der Waals surface area contributed by atoms with E-state index in [0.29, 0.717) is 0 Å². The minimum absolute atomic E-state index is 0.0436. The first kappa shape index (κ1) is 15.1. The molecular weight excluding hydrogens is 322 g/mol. The van der Waals surface area contributed by atoms with Gasteiger partial charge in [-0.25, -0.2) is 13.4 Å². The Balaban J connectivity index is 1.79. The number of benzene rings is 1. The summed E-state index contributed by atoms with van der Waals surface area (Å²) in [6.45, 7) is 2.04. The van der Waals surface area contributed by atoms with Crippen LogP contribution in [-0.2, 0) is 10.0 Å². The number of hydrogen-bond acceptors (Lipinski definition) is 4. The highest BCUT2D eigenvalue weighted by molar-refractivity contribution is 7.92. The molecule has 0 amide bonds. The summed E-state index contributed by atoms with van der Waals surface area (Å²) in [7, 11) is -3.73. The molecule has 2 heterocycles. The summed E-state index contributed by atoms with van der Waals surface area (Å²) in [5, 5.41) is 0.184. The molecule has 1 saturated heterocycles. The highest BCUT2D eigenvalue weighted by atomic mass is 35.5. The summed E-state index contributed by atoms with van der Waals surface area (Å²) in [6, 6.07) is 9.86. The Hall–Kier alpha value is -1.79. The van der Waals surface area contributed by atoms with Gasteiger partial charge in [0.25, 0.3) is 10.0 Å². The Morgan fingerprint density at radius 1 is 1.09 bits per heavy atom. The zero-order valence-electron chi connectivity index (χ0n) is 11.9. The lowest BCUT2D eigenvalue weighted by Gasteiger charge is -2.17. The first-order chi connectivity index (χ1) is 10.6. The van der Waals surface area contributed by atoms with Gasteiger partial charge in [-0.3, -0.25) is 4.72 Å². The fraction of sp³-hybridized carbons (Fsp3) is 0.267. The maximum Gasteiger partial charge on any atom is 0.264 e. The third-order valence-electron chi connectivity index (χ3n) is 3.58. The second kappa shape index (κ2) is 6.14. The number of aromatic nitrogens is 1. The van der Waals surface area contributed by atoms with E-state index in [1.54, 1.807) is 30.5 Å². The van der Waals surface area contributed by atoms with Gasteiger partial charge in [0.1, 0.15) is 10.7 Å². The number of nitrogens with one attached hydrogen (secondary N) is 1. The molecule has 0 unspecified atom stereocenters. The summed E-state index contributed by atoms with van der Waals surface area (Å²) in [6.07, 6.45) is 4.05. The van der Waals surface area contributed by atoms with Crippen molar-refractivity contribution in [2.45, 2.75) is 17.7 Å². The second-order valence-corrected chi connectivity index (χ2v) is 7.19. The molecule has 22 heavy (non-hydrogen) atoms. The number of rotatable bonds is 4. The van der Waals surface area contributed by atoms with Crippen LogP contribution < -0.4 is 9.62 Å². The van der Waals surface area contributed by atoms with Crippen molar-refractivity contribution in [2.75, 3.05) is 22.7 Å². The number of pyridine rings is 1. The van der Waals surface area contributed by atoms with E-state index in [1.165, 1.54) is 18.9 Å². The average molecular weight is 338 g/mol. The van der Waals surface area contributed by atoms with Gasteiger partial charge in [0.2, 0.25) is 0 Å². The Morgan fingerprint density at radius 2 is 1.82 bits per heavy atom. The SMILES string of the molecule is O=S(=O)(Nc1ccc(N2CCCC2)cn1)c1ccccc1Cl. The van der Waals surface area contributed by atoms with Crippen molar-refractivity contribution in [2.24, 2.45) is 0 Å². The van der Waals surface area contributed by atoms with E-state index in [4.69, 9.17) is 11.6 Å². The van der Waals surface area contributed by atoms with E-state index >= 15 is 0 Å². The molecule has 0 aliphatic carbocycles. The van der Waals surface area contributed by atoms with Gasteiger partial charge in [-0.15, -0.1) is 0 Å². The van der Waals surface area contributed by atoms with Crippen molar-refractivity contribution < 1.29 is 8.42 Å². The predicted molar refractivity (Wildman–Crippen MR) is 87.9 cm³/mol. The third kappa shape index (κ3) is 3.18. The Bertz CT molecular complexity index is 757. The van der Waals surface area contributed by atoms with E-state index in [-0.39, 0.29) is 15.7 Å². The standard InChI is InChI=1S/C15H16ClN3O2S/c16-13-5-1-2-6-14(13)22(20,21)18-15-8-7-12(11-17-15)19-9-3-4-10-19/h1-2,5-8,11H,3-4,9-10H2,(H,17,18). The molecule has 0 radical (unpaired) electrons. The highest BCUT2D eigenvalue weighted by Crippen LogP contribution is 2.24. The highest BCUT2D eigenvalue weighted by Gasteiger charge is 2.18. The molecule has 1 aromatic heterocycles. The quantitative estimate of drug-likeness (QED) is 0.931. The van der Waals surface area contributed by atoms with Gasteiger partial charge in [0.15, 0.2) is 0 Å². The molecule has 3 rings (SSSR count). The molecule has 0 bridgehead atoms. The van der Waals surface area contributed by atoms with Crippen LogP contribution in [0.2, 0.25) is 5.02 Å². The van der Waals surface area contributed by atoms with Crippen LogP contribution in [0.15, 0.2) is 47.5 Å². The first-order valence-corrected chi connectivity index (χ1v) is 8.91. The van der Waals surface area contributed by atoms with Gasteiger partial charge < -0.3 is 4.90 Å². The van der Waals surface area contributed by atoms with Crippen LogP contribution >= 0.6 is 11.6 Å². The molecule has 116 valence electrons. The number of anilines is 2. The number of hydrogen-bond donors (Lipinski definition) is 1. The van der Waals surface area contributed by atoms with Gasteiger partial charge in [-0.1, -0.05) is 23.7 Å². The smallest absolute Gasteiger partial charge is 0.264 e. The van der Waals surface area contributed by atoms with Gasteiger partial charge in [0.05, 0.1) is 16.9 Å². The molecule has 0 spiro atoms. The molecule has 2 aromatic rings. The number of nitrogens with zero attached hydrogens (tertiary/aromatic N) is 2. The van der Waals surface area contributed by atoms with E-state index in [9.17, 15) is 8.42 Å². The van der Waals surface area contributed by atoms with Crippen molar-refractivity contribution in [3.05, 3.63) is 47.6 Å². The van der Waals surface area contributed by atoms with Gasteiger partial charge in [-0.2, -0.15) is 0 Å². The molecule has 0 atom stereocenters. The monoisotopic (exact) mass is 337 g/mol. The lowest BCUT2D eigenvalue weighted by Crippen LogP contribution is -2.18. The topological polar surface area (TPSA) is 62.3 Å². The average Bonchev–Trinajstić information content (AvgIpc) is 3.02. The molecule has 1 fully saturated rings. The normalized spacial score (nSPS) is 15.0. The van der Waals surface area contributed by atoms with Crippen LogP contribution in [0.4, 0.5) is 11.5 Å². The maximum absolute atomic E-state index is 12.3. The van der Waals surface area contributed by atoms with Gasteiger partial charge in [-0.05, 0) is 37.1 Å². The molecule has 1 aromatic carbocycles. The van der Waals surface area contributed by atoms with Crippen molar-refractivity contribution in [3.8, 4) is 0 Å². The minimum Gasteiger partial charge on any atom is -0.370 e. The molecule has 7 heteroatoms. The van der Waals surface area contributed by atoms with Crippen molar-refractivity contribution in [3.63, 3.8) is 0 Å². The van der Waals surface area contributed by atoms with Crippen LogP contribution in [0.25, 0.3) is 0 Å². The van der Waals surface area contributed by atoms with Crippen LogP contribution in [-0.4, -0.2) is 26.5 Å². The molecule has 0 saturated carbocycles. The van der Waals surface area contributed by atoms with Gasteiger partial charge in [0, 0.05) is 13.1 Å². The van der Waals surface area contributed by atoms with E-state index in [1.807, 2.05) is 6.07 Å². The summed E-state index contributed by atoms with van der Waals surface area (Å²) in [5.74, 6) is 0.280. The van der Waals surface area contributed by atoms with Crippen LogP contribution in [0.1, 0.15) is 12.8 Å². The van der Waals surface area contributed by atoms with E-state index < -0.39 is 10.0 Å². The van der Waals surface area contributed by atoms with Crippen molar-refractivity contribution in [1.29, 1.82) is 0 Å². The van der Waals surface area contributed by atoms with Crippen LogP contribution in [0.5, 0.6) is 0 Å². The van der Waals surface area contributed by atoms with Crippen molar-refractivity contribution >= 4 is 33.1 Å². The van der Waals surface area contributed by atoms with Gasteiger partial charge >= 0.3 is 0 Å². The molecular formula is C15H16ClN3O2S. The maximum atomic E-state index is 12.3. The summed E-state index contributed by atoms with van der Waals surface area (Å²) in [4.78, 5) is 6.47. The molecule has 1 N–H and O–H groups in total. The van der Waals surface area contributed by atoms with E-state index in [2.05, 4.69) is 14.6 Å². The lowest BCUT2D eigenvalue weighted by molar-refractivity contribution is 0.601. The van der Waals surface area contributed by atoms with Crippen molar-refractivity contribution in [1.82, 2.24) is 4.98 Å². The molecule has 5 nitrogen and oxygen atoms in total. The lowest BCUT2D eigenvalue weighted by atomic mass is 10.4. The minimum atomic E-state index is -3.73. The fourth-order valence-corrected chi connectivity index (χ4v) is 3.99. The zero-order chi connectivity index (χ0) is 15.6. The Morgan fingerprint density at radius 3 is 2.45 bits per heavy atom. The number of sulfonamides is 1. The Labute approximate surface area is 135 Å². The molecule has 1 aliphatic heterocycles. The van der Waals surface area contributed by atoms with E-state index in [0.717, 1.165) is 18.8 Å². The summed E-state index contributed by atoms with van der Waals surface area (Å²) >= 11 is 5.94. The summed E-state index contributed by atoms with van der Waals surface area (Å²) in [5.41, 5.74) is 1.01. The fourth-order valence-electron chi connectivity index (χ4n) is 2.46. The third-order valence-corrected chi connectivity index (χ3v) is 5.44. The summed E-state index contributed by atoms with van der Waals surface area (Å²) < 4.78 is 27.1. The van der Waals surface area contributed by atoms with Crippen LogP contribution in [0, 0.1) is 0 Å². The Kier molecular flexibility index (Phi) is 4.22. The molecule has 1 aliphatic rings. The first-order valence-electron chi connectivity index (χ1n) is 7.05. The largest absolute Gasteiger partial charge is 0.370 e. The second-order valence-electron chi connectivity index (χ2n) is 5.13. The number of halogens is 1. The van der Waals surface area contributed by atoms with Crippen LogP contribution in [0.3, 0.4) is 0 Å². The zero-order valence-corrected chi connectivity index (χ0v) is 13.4.